The Bertz CT molecular complexity index is 920. The number of esters is 1. The van der Waals surface area contributed by atoms with Gasteiger partial charge in [0.05, 0.1) is 44.1 Å². The van der Waals surface area contributed by atoms with Crippen LogP contribution in [0.5, 0.6) is 5.75 Å². The van der Waals surface area contributed by atoms with Crippen LogP contribution in [-0.4, -0.2) is 50.2 Å². The van der Waals surface area contributed by atoms with E-state index >= 15 is 0 Å². The van der Waals surface area contributed by atoms with Crippen LogP contribution in [0.3, 0.4) is 0 Å². The number of pyridine rings is 1. The predicted molar refractivity (Wildman–Crippen MR) is 115 cm³/mol. The maximum atomic E-state index is 13.3. The van der Waals surface area contributed by atoms with E-state index in [9.17, 15) is 9.59 Å². The molecule has 1 unspecified atom stereocenters. The third-order valence-electron chi connectivity index (χ3n) is 5.47. The van der Waals surface area contributed by atoms with Crippen LogP contribution < -0.4 is 15.8 Å². The van der Waals surface area contributed by atoms with Gasteiger partial charge in [-0.2, -0.15) is 0 Å². The summed E-state index contributed by atoms with van der Waals surface area (Å²) in [6.45, 7) is 6.94. The number of ketones is 1. The van der Waals surface area contributed by atoms with Crippen LogP contribution in [0.4, 0.5) is 0 Å². The molecule has 1 aliphatic heterocycles. The smallest absolute Gasteiger partial charge is 0.336 e. The fourth-order valence-corrected chi connectivity index (χ4v) is 4.28. The predicted octanol–water partition coefficient (Wildman–Crippen LogP) is 2.21. The Kier molecular flexibility index (Phi) is 7.12. The highest BCUT2D eigenvalue weighted by atomic mass is 16.5. The van der Waals surface area contributed by atoms with Crippen molar-refractivity contribution < 1.29 is 23.8 Å². The molecule has 3 N–H and O–H groups in total. The Morgan fingerprint density at radius 2 is 2.13 bits per heavy atom. The van der Waals surface area contributed by atoms with Gasteiger partial charge in [0, 0.05) is 42.2 Å². The third-order valence-corrected chi connectivity index (χ3v) is 5.47. The van der Waals surface area contributed by atoms with Crippen molar-refractivity contribution in [3.63, 3.8) is 0 Å². The number of carbonyl (C=O) groups is 2. The topological polar surface area (TPSA) is 113 Å². The number of nitrogens with two attached hydrogens (primary N) is 1. The summed E-state index contributed by atoms with van der Waals surface area (Å²) in [7, 11) is 1.56. The number of dihydropyridines is 1. The van der Waals surface area contributed by atoms with E-state index in [0.29, 0.717) is 54.1 Å². The van der Waals surface area contributed by atoms with Gasteiger partial charge in [-0.1, -0.05) is 13.8 Å². The molecule has 168 valence electrons. The van der Waals surface area contributed by atoms with Gasteiger partial charge in [-0.05, 0) is 24.8 Å². The molecule has 0 bridgehead atoms. The Morgan fingerprint density at radius 3 is 2.81 bits per heavy atom. The van der Waals surface area contributed by atoms with Crippen LogP contribution >= 0.6 is 0 Å². The zero-order valence-electron chi connectivity index (χ0n) is 18.6. The number of nitrogens with zero attached hydrogens (tertiary/aromatic N) is 1. The van der Waals surface area contributed by atoms with Gasteiger partial charge >= 0.3 is 5.97 Å². The van der Waals surface area contributed by atoms with Gasteiger partial charge in [0.2, 0.25) is 0 Å². The van der Waals surface area contributed by atoms with E-state index in [1.165, 1.54) is 0 Å². The SMILES string of the molecule is CCOC(=O)C1=C(COCCN)NC2=C(C(=O)CC(C)(C)C2)C1c1cnccc1OC. The minimum Gasteiger partial charge on any atom is -0.496 e. The Labute approximate surface area is 182 Å². The average molecular weight is 430 g/mol. The highest BCUT2D eigenvalue weighted by Gasteiger charge is 2.44. The maximum absolute atomic E-state index is 13.3. The first kappa shape index (κ1) is 23.0. The molecule has 2 heterocycles. The number of Topliss-reactive ketones (excluding diaryl/α,β-unsaturated/α-hetero) is 1. The molecule has 1 atom stereocenters. The number of nitrogens with one attached hydrogen (secondary N) is 1. The van der Waals surface area contributed by atoms with Crippen molar-refractivity contribution in [2.75, 3.05) is 33.5 Å². The summed E-state index contributed by atoms with van der Waals surface area (Å²) in [5, 5.41) is 3.34. The van der Waals surface area contributed by atoms with Gasteiger partial charge in [-0.3, -0.25) is 9.78 Å². The van der Waals surface area contributed by atoms with E-state index in [-0.39, 0.29) is 24.4 Å². The summed E-state index contributed by atoms with van der Waals surface area (Å²) in [6.07, 6.45) is 4.32. The van der Waals surface area contributed by atoms with Crippen LogP contribution in [0.25, 0.3) is 0 Å². The first-order valence-corrected chi connectivity index (χ1v) is 10.5. The molecule has 0 saturated carbocycles. The van der Waals surface area contributed by atoms with E-state index in [2.05, 4.69) is 24.1 Å². The van der Waals surface area contributed by atoms with Crippen molar-refractivity contribution in [1.29, 1.82) is 0 Å². The first-order valence-electron chi connectivity index (χ1n) is 10.5. The lowest BCUT2D eigenvalue weighted by molar-refractivity contribution is -0.139. The van der Waals surface area contributed by atoms with Crippen LogP contribution in [-0.2, 0) is 19.1 Å². The molecule has 0 amide bonds. The molecule has 3 rings (SSSR count). The number of hydrogen-bond donors (Lipinski definition) is 2. The van der Waals surface area contributed by atoms with Gasteiger partial charge in [0.1, 0.15) is 5.75 Å². The van der Waals surface area contributed by atoms with Gasteiger partial charge in [0.25, 0.3) is 0 Å². The molecule has 0 aromatic carbocycles. The summed E-state index contributed by atoms with van der Waals surface area (Å²) >= 11 is 0. The Balaban J connectivity index is 2.22. The van der Waals surface area contributed by atoms with Crippen molar-refractivity contribution in [1.82, 2.24) is 10.3 Å². The highest BCUT2D eigenvalue weighted by Crippen LogP contribution is 2.48. The lowest BCUT2D eigenvalue weighted by atomic mass is 9.68. The zero-order chi connectivity index (χ0) is 22.6. The summed E-state index contributed by atoms with van der Waals surface area (Å²) in [5.74, 6) is -0.603. The van der Waals surface area contributed by atoms with Crippen molar-refractivity contribution in [2.24, 2.45) is 11.1 Å². The van der Waals surface area contributed by atoms with Crippen LogP contribution in [0.15, 0.2) is 41.0 Å². The lowest BCUT2D eigenvalue weighted by Crippen LogP contribution is -2.40. The molecular formula is C23H31N3O5. The monoisotopic (exact) mass is 429 g/mol. The number of hydrogen-bond acceptors (Lipinski definition) is 8. The van der Waals surface area contributed by atoms with Gasteiger partial charge in [-0.25, -0.2) is 4.79 Å². The lowest BCUT2D eigenvalue weighted by Gasteiger charge is -2.40. The van der Waals surface area contributed by atoms with Gasteiger partial charge < -0.3 is 25.3 Å². The molecule has 0 spiro atoms. The number of allylic oxidation sites excluding steroid dienone is 2. The molecule has 8 heteroatoms. The normalized spacial score (nSPS) is 20.3. The Hall–Kier alpha value is -2.71. The molecule has 0 fully saturated rings. The second-order valence-corrected chi connectivity index (χ2v) is 8.46. The van der Waals surface area contributed by atoms with Crippen molar-refractivity contribution in [2.45, 2.75) is 39.5 Å². The number of carbonyl (C=O) groups excluding carboxylic acids is 2. The quantitative estimate of drug-likeness (QED) is 0.478. The first-order chi connectivity index (χ1) is 14.8. The Morgan fingerprint density at radius 1 is 1.35 bits per heavy atom. The minimum atomic E-state index is -0.654. The number of aromatic nitrogens is 1. The van der Waals surface area contributed by atoms with Crippen molar-refractivity contribution >= 4 is 11.8 Å². The fourth-order valence-electron chi connectivity index (χ4n) is 4.28. The average Bonchev–Trinajstić information content (AvgIpc) is 2.72. The molecule has 31 heavy (non-hydrogen) atoms. The number of ether oxygens (including phenoxy) is 3. The highest BCUT2D eigenvalue weighted by molar-refractivity contribution is 6.04. The maximum Gasteiger partial charge on any atom is 0.336 e. The number of rotatable bonds is 8. The zero-order valence-corrected chi connectivity index (χ0v) is 18.6. The number of methoxy groups -OCH3 is 1. The minimum absolute atomic E-state index is 0.00150. The molecular weight excluding hydrogens is 398 g/mol. The standard InChI is InChI=1S/C23H31N3O5/c1-5-31-22(28)21-16(13-30-9-7-24)26-15-10-23(2,3)11-17(27)20(15)19(21)14-12-25-8-6-18(14)29-4/h6,8,12,19,26H,5,7,9-11,13,24H2,1-4H3. The molecule has 2 aliphatic rings. The fraction of sp³-hybridized carbons (Fsp3) is 0.522. The van der Waals surface area contributed by atoms with Crippen LogP contribution in [0.1, 0.15) is 45.1 Å². The second-order valence-electron chi connectivity index (χ2n) is 8.46. The second kappa shape index (κ2) is 9.62. The molecule has 0 saturated heterocycles. The molecule has 1 aromatic heterocycles. The van der Waals surface area contributed by atoms with Crippen LogP contribution in [0, 0.1) is 5.41 Å². The van der Waals surface area contributed by atoms with Gasteiger partial charge in [-0.15, -0.1) is 0 Å². The largest absolute Gasteiger partial charge is 0.496 e. The van der Waals surface area contributed by atoms with Gasteiger partial charge in [0.15, 0.2) is 5.78 Å². The summed E-state index contributed by atoms with van der Waals surface area (Å²) < 4.78 is 16.6. The van der Waals surface area contributed by atoms with E-state index < -0.39 is 11.9 Å². The van der Waals surface area contributed by atoms with E-state index in [1.807, 2.05) is 0 Å². The van der Waals surface area contributed by atoms with Crippen LogP contribution in [0.2, 0.25) is 0 Å². The molecule has 0 radical (unpaired) electrons. The summed E-state index contributed by atoms with van der Waals surface area (Å²) in [6, 6.07) is 1.72. The molecule has 1 aromatic rings. The molecule has 1 aliphatic carbocycles. The van der Waals surface area contributed by atoms with E-state index in [4.69, 9.17) is 19.9 Å². The van der Waals surface area contributed by atoms with Crippen molar-refractivity contribution in [3.8, 4) is 5.75 Å². The summed E-state index contributed by atoms with van der Waals surface area (Å²) in [5.41, 5.74) is 8.31. The summed E-state index contributed by atoms with van der Waals surface area (Å²) in [4.78, 5) is 30.7. The third kappa shape index (κ3) is 4.80. The van der Waals surface area contributed by atoms with E-state index in [1.54, 1.807) is 32.5 Å². The van der Waals surface area contributed by atoms with E-state index in [0.717, 1.165) is 5.70 Å². The van der Waals surface area contributed by atoms with Crippen molar-refractivity contribution in [3.05, 3.63) is 46.6 Å². The molecule has 8 nitrogen and oxygen atoms in total.